The third-order valence-electron chi connectivity index (χ3n) is 4.13. The van der Waals surface area contributed by atoms with Crippen molar-refractivity contribution in [1.29, 1.82) is 0 Å². The van der Waals surface area contributed by atoms with E-state index in [1.54, 1.807) is 24.3 Å². The normalized spacial score (nSPS) is 11.0. The Morgan fingerprint density at radius 3 is 2.74 bits per heavy atom. The largest absolute Gasteiger partial charge is 0.325 e. The summed E-state index contributed by atoms with van der Waals surface area (Å²) in [6.45, 7) is 1.50. The molecule has 0 bridgehead atoms. The number of nitrogens with zero attached hydrogens (tertiary/aromatic N) is 3. The Morgan fingerprint density at radius 2 is 1.89 bits per heavy atom. The Balaban J connectivity index is 1.52. The molecule has 0 unspecified atom stereocenters. The number of carbonyl (C=O) groups excluding carboxylic acids is 2. The van der Waals surface area contributed by atoms with Crippen LogP contribution < -0.4 is 5.32 Å². The van der Waals surface area contributed by atoms with Crippen LogP contribution in [0.3, 0.4) is 0 Å². The molecule has 7 heteroatoms. The lowest BCUT2D eigenvalue weighted by atomic mass is 10.1. The fourth-order valence-electron chi connectivity index (χ4n) is 2.85. The minimum absolute atomic E-state index is 0.0396. The molecule has 6 nitrogen and oxygen atoms in total. The van der Waals surface area contributed by atoms with Crippen LogP contribution >= 0.6 is 11.8 Å². The van der Waals surface area contributed by atoms with E-state index in [1.165, 1.54) is 18.7 Å². The Bertz CT molecular complexity index is 1170. The molecule has 4 rings (SSSR count). The van der Waals surface area contributed by atoms with Crippen LogP contribution in [0, 0.1) is 0 Å². The summed E-state index contributed by atoms with van der Waals surface area (Å²) in [6, 6.07) is 18.8. The topological polar surface area (TPSA) is 76.4 Å². The highest BCUT2D eigenvalue weighted by Crippen LogP contribution is 2.23. The molecule has 0 atom stereocenters. The zero-order valence-corrected chi connectivity index (χ0v) is 15.4. The molecule has 0 radical (unpaired) electrons. The first-order valence-corrected chi connectivity index (χ1v) is 9.37. The number of amides is 1. The quantitative estimate of drug-likeness (QED) is 0.423. The molecule has 1 N–H and O–H groups in total. The van der Waals surface area contributed by atoms with Gasteiger partial charge in [-0.15, -0.1) is 10.2 Å². The maximum absolute atomic E-state index is 12.3. The minimum atomic E-state index is -0.169. The molecule has 0 spiro atoms. The highest BCUT2D eigenvalue weighted by Gasteiger charge is 2.12. The van der Waals surface area contributed by atoms with Crippen molar-refractivity contribution in [1.82, 2.24) is 14.6 Å². The van der Waals surface area contributed by atoms with Crippen LogP contribution in [0.5, 0.6) is 0 Å². The molecule has 27 heavy (non-hydrogen) atoms. The van der Waals surface area contributed by atoms with Gasteiger partial charge in [-0.25, -0.2) is 0 Å². The summed E-state index contributed by atoms with van der Waals surface area (Å²) >= 11 is 1.32. The second-order valence-electron chi connectivity index (χ2n) is 6.04. The molecule has 0 fully saturated rings. The van der Waals surface area contributed by atoms with E-state index < -0.39 is 0 Å². The van der Waals surface area contributed by atoms with Gasteiger partial charge in [-0.05, 0) is 42.6 Å². The number of hydrogen-bond acceptors (Lipinski definition) is 5. The minimum Gasteiger partial charge on any atom is -0.325 e. The third kappa shape index (κ3) is 3.54. The summed E-state index contributed by atoms with van der Waals surface area (Å²) in [5.74, 6) is -0.0196. The molecule has 4 aromatic rings. The SMILES string of the molecule is CC(=O)c1cccc(NC(=O)CSc2nnc3ccc4ccccc4n23)c1. The summed E-state index contributed by atoms with van der Waals surface area (Å²) < 4.78 is 1.95. The predicted octanol–water partition coefficient (Wildman–Crippen LogP) is 3.82. The van der Waals surface area contributed by atoms with Gasteiger partial charge in [0.2, 0.25) is 5.91 Å². The van der Waals surface area contributed by atoms with Crippen LogP contribution in [0.2, 0.25) is 0 Å². The van der Waals surface area contributed by atoms with Crippen LogP contribution in [-0.4, -0.2) is 32.0 Å². The lowest BCUT2D eigenvalue weighted by molar-refractivity contribution is -0.113. The van der Waals surface area contributed by atoms with Gasteiger partial charge in [0.1, 0.15) is 0 Å². The third-order valence-corrected chi connectivity index (χ3v) is 5.06. The summed E-state index contributed by atoms with van der Waals surface area (Å²) in [6.07, 6.45) is 0. The van der Waals surface area contributed by atoms with Gasteiger partial charge in [0.05, 0.1) is 11.3 Å². The number of rotatable bonds is 5. The molecule has 0 saturated carbocycles. The molecule has 134 valence electrons. The van der Waals surface area contributed by atoms with Gasteiger partial charge in [0, 0.05) is 11.3 Å². The Kier molecular flexibility index (Phi) is 4.60. The number of pyridine rings is 1. The number of hydrogen-bond donors (Lipinski definition) is 1. The highest BCUT2D eigenvalue weighted by molar-refractivity contribution is 7.99. The number of nitrogens with one attached hydrogen (secondary N) is 1. The number of anilines is 1. The standard InChI is InChI=1S/C20H16N4O2S/c1-13(25)15-6-4-7-16(11-15)21-19(26)12-27-20-23-22-18-10-9-14-5-2-3-8-17(14)24(18)20/h2-11H,12H2,1H3,(H,21,26). The Labute approximate surface area is 159 Å². The van der Waals surface area contributed by atoms with Crippen molar-refractivity contribution in [2.45, 2.75) is 12.1 Å². The monoisotopic (exact) mass is 376 g/mol. The van der Waals surface area contributed by atoms with E-state index in [2.05, 4.69) is 15.5 Å². The highest BCUT2D eigenvalue weighted by atomic mass is 32.2. The molecular weight excluding hydrogens is 360 g/mol. The molecule has 2 heterocycles. The Morgan fingerprint density at radius 1 is 1.04 bits per heavy atom. The van der Waals surface area contributed by atoms with Gasteiger partial charge in [-0.1, -0.05) is 42.1 Å². The fraction of sp³-hybridized carbons (Fsp3) is 0.100. The summed E-state index contributed by atoms with van der Waals surface area (Å²) in [7, 11) is 0. The second-order valence-corrected chi connectivity index (χ2v) is 6.98. The van der Waals surface area contributed by atoms with Crippen molar-refractivity contribution in [2.75, 3.05) is 11.1 Å². The van der Waals surface area contributed by atoms with Gasteiger partial charge in [0.15, 0.2) is 16.6 Å². The molecule has 0 aliphatic carbocycles. The molecule has 2 aromatic heterocycles. The number of benzene rings is 2. The zero-order valence-electron chi connectivity index (χ0n) is 14.5. The average molecular weight is 376 g/mol. The van der Waals surface area contributed by atoms with Crippen LogP contribution in [0.4, 0.5) is 5.69 Å². The number of ketones is 1. The van der Waals surface area contributed by atoms with Crippen LogP contribution in [-0.2, 0) is 4.79 Å². The number of para-hydroxylation sites is 1. The first-order valence-electron chi connectivity index (χ1n) is 8.38. The average Bonchev–Trinajstić information content (AvgIpc) is 3.10. The molecular formula is C20H16N4O2S. The van der Waals surface area contributed by atoms with Gasteiger partial charge in [-0.2, -0.15) is 0 Å². The van der Waals surface area contributed by atoms with Crippen LogP contribution in [0.25, 0.3) is 16.6 Å². The smallest absolute Gasteiger partial charge is 0.234 e. The summed E-state index contributed by atoms with van der Waals surface area (Å²) in [5, 5.41) is 13.0. The molecule has 0 aliphatic heterocycles. The summed E-state index contributed by atoms with van der Waals surface area (Å²) in [5.41, 5.74) is 2.91. The lowest BCUT2D eigenvalue weighted by Gasteiger charge is -2.07. The van der Waals surface area contributed by atoms with Crippen LogP contribution in [0.15, 0.2) is 65.8 Å². The number of carbonyl (C=O) groups is 2. The maximum atomic E-state index is 12.3. The Hall–Kier alpha value is -3.19. The van der Waals surface area contributed by atoms with E-state index in [1.807, 2.05) is 40.8 Å². The molecule has 2 aromatic carbocycles. The first-order chi connectivity index (χ1) is 13.1. The second kappa shape index (κ2) is 7.20. The number of Topliss-reactive ketones (excluding diaryl/α,β-unsaturated/α-hetero) is 1. The first kappa shape index (κ1) is 17.2. The van der Waals surface area contributed by atoms with Crippen molar-refractivity contribution in [3.63, 3.8) is 0 Å². The fourth-order valence-corrected chi connectivity index (χ4v) is 3.60. The molecule has 1 amide bonds. The van der Waals surface area contributed by atoms with E-state index >= 15 is 0 Å². The van der Waals surface area contributed by atoms with E-state index in [0.29, 0.717) is 16.4 Å². The van der Waals surface area contributed by atoms with Gasteiger partial charge in [0.25, 0.3) is 0 Å². The van der Waals surface area contributed by atoms with Crippen molar-refractivity contribution in [3.8, 4) is 0 Å². The lowest BCUT2D eigenvalue weighted by Crippen LogP contribution is -2.14. The molecule has 0 saturated heterocycles. The van der Waals surface area contributed by atoms with E-state index in [4.69, 9.17) is 0 Å². The van der Waals surface area contributed by atoms with Crippen LogP contribution in [0.1, 0.15) is 17.3 Å². The predicted molar refractivity (Wildman–Crippen MR) is 106 cm³/mol. The van der Waals surface area contributed by atoms with E-state index in [9.17, 15) is 9.59 Å². The van der Waals surface area contributed by atoms with Crippen molar-refractivity contribution in [3.05, 3.63) is 66.2 Å². The number of aromatic nitrogens is 3. The van der Waals surface area contributed by atoms with E-state index in [-0.39, 0.29) is 17.4 Å². The van der Waals surface area contributed by atoms with Gasteiger partial charge < -0.3 is 5.32 Å². The van der Waals surface area contributed by atoms with Crippen molar-refractivity contribution >= 4 is 45.7 Å². The zero-order chi connectivity index (χ0) is 18.8. The van der Waals surface area contributed by atoms with Gasteiger partial charge >= 0.3 is 0 Å². The van der Waals surface area contributed by atoms with Gasteiger partial charge in [-0.3, -0.25) is 14.0 Å². The van der Waals surface area contributed by atoms with E-state index in [0.717, 1.165) is 16.6 Å². The number of thioether (sulfide) groups is 1. The molecule has 0 aliphatic rings. The number of fused-ring (bicyclic) bond motifs is 3. The maximum Gasteiger partial charge on any atom is 0.234 e. The summed E-state index contributed by atoms with van der Waals surface area (Å²) in [4.78, 5) is 23.8. The van der Waals surface area contributed by atoms with Crippen molar-refractivity contribution in [2.24, 2.45) is 0 Å². The van der Waals surface area contributed by atoms with Crippen molar-refractivity contribution < 1.29 is 9.59 Å².